The minimum absolute atomic E-state index is 0.307. The van der Waals surface area contributed by atoms with Gasteiger partial charge in [-0.25, -0.2) is 0 Å². The Bertz CT molecular complexity index is 660. The standard InChI is InChI=1S/C14H8N4/c15-9-11-6-7-14(8-12(11)10-16)18-17-13-4-2-1-3-5-13/h1-8H. The maximum atomic E-state index is 8.89. The molecule has 0 aliphatic rings. The molecule has 4 nitrogen and oxygen atoms in total. The van der Waals surface area contributed by atoms with Gasteiger partial charge in [0.15, 0.2) is 0 Å². The number of benzene rings is 2. The molecule has 0 unspecified atom stereocenters. The molecule has 2 aromatic carbocycles. The second-order valence-corrected chi connectivity index (χ2v) is 3.49. The molecule has 0 atom stereocenters. The lowest BCUT2D eigenvalue weighted by Crippen LogP contribution is -1.81. The highest BCUT2D eigenvalue weighted by atomic mass is 15.1. The largest absolute Gasteiger partial charge is 0.192 e. The van der Waals surface area contributed by atoms with E-state index >= 15 is 0 Å². The third kappa shape index (κ3) is 2.58. The van der Waals surface area contributed by atoms with Crippen LogP contribution in [0.4, 0.5) is 11.4 Å². The Morgan fingerprint density at radius 1 is 0.722 bits per heavy atom. The van der Waals surface area contributed by atoms with Crippen molar-refractivity contribution in [2.45, 2.75) is 0 Å². The van der Waals surface area contributed by atoms with Gasteiger partial charge in [-0.1, -0.05) is 18.2 Å². The van der Waals surface area contributed by atoms with E-state index in [2.05, 4.69) is 10.2 Å². The Morgan fingerprint density at radius 2 is 1.39 bits per heavy atom. The summed E-state index contributed by atoms with van der Waals surface area (Å²) < 4.78 is 0. The topological polar surface area (TPSA) is 72.3 Å². The second-order valence-electron chi connectivity index (χ2n) is 3.49. The fraction of sp³-hybridized carbons (Fsp3) is 0. The molecule has 4 heteroatoms. The zero-order valence-electron chi connectivity index (χ0n) is 9.41. The highest BCUT2D eigenvalue weighted by Gasteiger charge is 2.01. The molecule has 0 heterocycles. The maximum Gasteiger partial charge on any atom is 0.101 e. The van der Waals surface area contributed by atoms with Crippen molar-refractivity contribution in [2.24, 2.45) is 10.2 Å². The molecule has 0 amide bonds. The molecular formula is C14H8N4. The summed E-state index contributed by atoms with van der Waals surface area (Å²) in [6, 6.07) is 18.0. The van der Waals surface area contributed by atoms with E-state index in [1.807, 2.05) is 42.5 Å². The average Bonchev–Trinajstić information content (AvgIpc) is 2.45. The van der Waals surface area contributed by atoms with Gasteiger partial charge in [-0.2, -0.15) is 20.8 Å². The molecule has 2 aromatic rings. The first kappa shape index (κ1) is 11.5. The lowest BCUT2D eigenvalue weighted by Gasteiger charge is -1.96. The van der Waals surface area contributed by atoms with Crippen LogP contribution in [0.2, 0.25) is 0 Å². The van der Waals surface area contributed by atoms with Crippen molar-refractivity contribution in [2.75, 3.05) is 0 Å². The minimum atomic E-state index is 0.307. The van der Waals surface area contributed by atoms with Gasteiger partial charge in [0, 0.05) is 0 Å². The zero-order valence-corrected chi connectivity index (χ0v) is 9.41. The van der Waals surface area contributed by atoms with Crippen LogP contribution in [0.1, 0.15) is 11.1 Å². The lowest BCUT2D eigenvalue weighted by atomic mass is 10.1. The van der Waals surface area contributed by atoms with Crippen LogP contribution in [0, 0.1) is 22.7 Å². The smallest absolute Gasteiger partial charge is 0.101 e. The monoisotopic (exact) mass is 232 g/mol. The van der Waals surface area contributed by atoms with Gasteiger partial charge in [0.1, 0.15) is 12.1 Å². The SMILES string of the molecule is N#Cc1ccc(N=Nc2ccccc2)cc1C#N. The first-order chi connectivity index (χ1) is 8.83. The summed E-state index contributed by atoms with van der Waals surface area (Å²) in [6.07, 6.45) is 0. The van der Waals surface area contributed by atoms with Gasteiger partial charge in [-0.15, -0.1) is 0 Å². The van der Waals surface area contributed by atoms with Gasteiger partial charge in [-0.3, -0.25) is 0 Å². The average molecular weight is 232 g/mol. The summed E-state index contributed by atoms with van der Waals surface area (Å²) in [5.74, 6) is 0. The van der Waals surface area contributed by atoms with Crippen LogP contribution in [-0.2, 0) is 0 Å². The fourth-order valence-electron chi connectivity index (χ4n) is 1.39. The molecule has 0 aromatic heterocycles. The second kappa shape index (κ2) is 5.38. The Morgan fingerprint density at radius 3 is 2.06 bits per heavy atom. The van der Waals surface area contributed by atoms with Gasteiger partial charge in [0.25, 0.3) is 0 Å². The van der Waals surface area contributed by atoms with Gasteiger partial charge in [0.2, 0.25) is 0 Å². The van der Waals surface area contributed by atoms with Crippen LogP contribution in [0.5, 0.6) is 0 Å². The molecule has 84 valence electrons. The van der Waals surface area contributed by atoms with Crippen LogP contribution >= 0.6 is 0 Å². The van der Waals surface area contributed by atoms with Crippen LogP contribution in [0.15, 0.2) is 58.8 Å². The van der Waals surface area contributed by atoms with E-state index in [9.17, 15) is 0 Å². The number of hydrogen-bond acceptors (Lipinski definition) is 4. The molecule has 0 saturated carbocycles. The zero-order chi connectivity index (χ0) is 12.8. The third-order valence-corrected chi connectivity index (χ3v) is 2.28. The summed E-state index contributed by atoms with van der Waals surface area (Å²) in [7, 11) is 0. The van der Waals surface area contributed by atoms with Crippen LogP contribution < -0.4 is 0 Å². The molecule has 0 N–H and O–H groups in total. The first-order valence-electron chi connectivity index (χ1n) is 5.24. The van der Waals surface area contributed by atoms with E-state index in [-0.39, 0.29) is 0 Å². The Hall–Kier alpha value is -2.98. The highest BCUT2D eigenvalue weighted by molar-refractivity contribution is 5.53. The van der Waals surface area contributed by atoms with E-state index in [1.165, 1.54) is 0 Å². The summed E-state index contributed by atoms with van der Waals surface area (Å²) in [5.41, 5.74) is 1.94. The molecule has 0 spiro atoms. The van der Waals surface area contributed by atoms with Gasteiger partial charge < -0.3 is 0 Å². The maximum absolute atomic E-state index is 8.89. The molecule has 0 aliphatic carbocycles. The van der Waals surface area contributed by atoms with Crippen molar-refractivity contribution in [3.8, 4) is 12.1 Å². The molecule has 0 aliphatic heterocycles. The third-order valence-electron chi connectivity index (χ3n) is 2.28. The summed E-state index contributed by atoms with van der Waals surface area (Å²) in [6.45, 7) is 0. The van der Waals surface area contributed by atoms with Crippen LogP contribution in [0.25, 0.3) is 0 Å². The van der Waals surface area contributed by atoms with Crippen molar-refractivity contribution in [1.29, 1.82) is 10.5 Å². The van der Waals surface area contributed by atoms with Crippen molar-refractivity contribution >= 4 is 11.4 Å². The molecule has 0 fully saturated rings. The van der Waals surface area contributed by atoms with E-state index < -0.39 is 0 Å². The number of nitriles is 2. The van der Waals surface area contributed by atoms with Crippen molar-refractivity contribution in [3.63, 3.8) is 0 Å². The number of nitrogens with zero attached hydrogens (tertiary/aromatic N) is 4. The summed E-state index contributed by atoms with van der Waals surface area (Å²) in [4.78, 5) is 0. The predicted molar refractivity (Wildman–Crippen MR) is 66.5 cm³/mol. The van der Waals surface area contributed by atoms with Gasteiger partial charge in [0.05, 0.1) is 22.5 Å². The van der Waals surface area contributed by atoms with E-state index in [4.69, 9.17) is 10.5 Å². The van der Waals surface area contributed by atoms with Crippen LogP contribution in [0.3, 0.4) is 0 Å². The van der Waals surface area contributed by atoms with Crippen molar-refractivity contribution in [3.05, 3.63) is 59.7 Å². The molecular weight excluding hydrogens is 224 g/mol. The molecule has 2 rings (SSSR count). The van der Waals surface area contributed by atoms with Gasteiger partial charge >= 0.3 is 0 Å². The molecule has 0 bridgehead atoms. The molecule has 18 heavy (non-hydrogen) atoms. The fourth-order valence-corrected chi connectivity index (χ4v) is 1.39. The van der Waals surface area contributed by atoms with Crippen molar-refractivity contribution in [1.82, 2.24) is 0 Å². The van der Waals surface area contributed by atoms with E-state index in [1.54, 1.807) is 18.2 Å². The lowest BCUT2D eigenvalue weighted by molar-refractivity contribution is 1.23. The summed E-state index contributed by atoms with van der Waals surface area (Å²) >= 11 is 0. The Labute approximate surface area is 104 Å². The van der Waals surface area contributed by atoms with Crippen molar-refractivity contribution < 1.29 is 0 Å². The molecule has 0 saturated heterocycles. The van der Waals surface area contributed by atoms with E-state index in [0.717, 1.165) is 5.69 Å². The first-order valence-corrected chi connectivity index (χ1v) is 5.24. The minimum Gasteiger partial charge on any atom is -0.192 e. The summed E-state index contributed by atoms with van der Waals surface area (Å²) in [5, 5.41) is 25.7. The predicted octanol–water partition coefficient (Wildman–Crippen LogP) is 3.85. The highest BCUT2D eigenvalue weighted by Crippen LogP contribution is 2.20. The van der Waals surface area contributed by atoms with Crippen LogP contribution in [-0.4, -0.2) is 0 Å². The number of hydrogen-bond donors (Lipinski definition) is 0. The van der Waals surface area contributed by atoms with Gasteiger partial charge in [-0.05, 0) is 30.3 Å². The quantitative estimate of drug-likeness (QED) is 0.737. The Balaban J connectivity index is 2.29. The number of rotatable bonds is 2. The Kier molecular flexibility index (Phi) is 3.44. The molecule has 0 radical (unpaired) electrons. The normalized spacial score (nSPS) is 9.89. The van der Waals surface area contributed by atoms with E-state index in [0.29, 0.717) is 16.8 Å². The number of azo groups is 1.